The minimum Gasteiger partial charge on any atom is -0.396 e. The average Bonchev–Trinajstić information content (AvgIpc) is 2.75. The topological polar surface area (TPSA) is 58.9 Å². The Morgan fingerprint density at radius 1 is 1.25 bits per heavy atom. The van der Waals surface area contributed by atoms with Crippen molar-refractivity contribution in [3.8, 4) is 0 Å². The zero-order valence-corrected chi connectivity index (χ0v) is 8.13. The van der Waals surface area contributed by atoms with Gasteiger partial charge in [0.25, 0.3) is 0 Å². The van der Waals surface area contributed by atoms with Gasteiger partial charge in [0.1, 0.15) is 11.6 Å². The molecule has 0 radical (unpaired) electrons. The third kappa shape index (κ3) is 1.67. The highest BCUT2D eigenvalue weighted by Gasteiger charge is 2.16. The van der Waals surface area contributed by atoms with Gasteiger partial charge in [0, 0.05) is 24.0 Å². The van der Waals surface area contributed by atoms with Crippen LogP contribution < -0.4 is 5.73 Å². The molecule has 0 aliphatic carbocycles. The molecule has 82 valence electrons. The summed E-state index contributed by atoms with van der Waals surface area (Å²) >= 11 is 0. The van der Waals surface area contributed by atoms with Crippen LogP contribution in [-0.2, 0) is 0 Å². The molecule has 2 aromatic rings. The number of nitrogens with one attached hydrogen (secondary N) is 1. The van der Waals surface area contributed by atoms with Gasteiger partial charge in [0.2, 0.25) is 0 Å². The van der Waals surface area contributed by atoms with Gasteiger partial charge in [-0.15, -0.1) is 0 Å². The molecule has 3 N–H and O–H groups in total. The van der Waals surface area contributed by atoms with Crippen LogP contribution in [0.15, 0.2) is 30.6 Å². The average molecular weight is 222 g/mol. The molecule has 0 saturated heterocycles. The van der Waals surface area contributed by atoms with Gasteiger partial charge in [-0.3, -0.25) is 4.79 Å². The zero-order valence-electron chi connectivity index (χ0n) is 8.13. The third-order valence-electron chi connectivity index (χ3n) is 2.19. The maximum Gasteiger partial charge on any atom is 0.197 e. The highest BCUT2D eigenvalue weighted by molar-refractivity contribution is 6.09. The summed E-state index contributed by atoms with van der Waals surface area (Å²) in [6, 6.07) is 3.11. The van der Waals surface area contributed by atoms with E-state index >= 15 is 0 Å². The third-order valence-corrected chi connectivity index (χ3v) is 2.19. The Morgan fingerprint density at radius 2 is 2.00 bits per heavy atom. The normalized spacial score (nSPS) is 10.4. The summed E-state index contributed by atoms with van der Waals surface area (Å²) in [6.07, 6.45) is 2.97. The number of benzene rings is 1. The molecule has 0 amide bonds. The number of hydrogen-bond donors (Lipinski definition) is 2. The number of ketones is 1. The number of carbonyl (C=O) groups excluding carboxylic acids is 1. The van der Waals surface area contributed by atoms with E-state index < -0.39 is 17.4 Å². The summed E-state index contributed by atoms with van der Waals surface area (Å²) in [4.78, 5) is 14.4. The molecular formula is C11H8F2N2O. The summed E-state index contributed by atoms with van der Waals surface area (Å²) in [7, 11) is 0. The standard InChI is InChI=1S/C11H8F2N2O/c12-8-4-9(13)10(14)3-7(8)11(16)6-1-2-15-5-6/h1-5,15H,14H2. The lowest BCUT2D eigenvalue weighted by molar-refractivity contribution is 0.103. The van der Waals surface area contributed by atoms with Crippen molar-refractivity contribution in [2.24, 2.45) is 0 Å². The number of nitrogens with two attached hydrogens (primary N) is 1. The van der Waals surface area contributed by atoms with Crippen LogP contribution in [0.25, 0.3) is 0 Å². The van der Waals surface area contributed by atoms with E-state index in [1.165, 1.54) is 18.5 Å². The van der Waals surface area contributed by atoms with E-state index in [1.807, 2.05) is 0 Å². The second-order valence-electron chi connectivity index (χ2n) is 3.28. The molecule has 2 rings (SSSR count). The molecule has 1 aromatic heterocycles. The van der Waals surface area contributed by atoms with Crippen LogP contribution in [0.4, 0.5) is 14.5 Å². The van der Waals surface area contributed by atoms with Crippen molar-refractivity contribution in [1.29, 1.82) is 0 Å². The Balaban J connectivity index is 2.49. The number of hydrogen-bond acceptors (Lipinski definition) is 2. The Labute approximate surface area is 89.9 Å². The second kappa shape index (κ2) is 3.77. The molecule has 0 atom stereocenters. The number of aromatic amines is 1. The van der Waals surface area contributed by atoms with Gasteiger partial charge >= 0.3 is 0 Å². The molecular weight excluding hydrogens is 214 g/mol. The van der Waals surface area contributed by atoms with Crippen LogP contribution in [0.5, 0.6) is 0 Å². The predicted molar refractivity (Wildman–Crippen MR) is 55.0 cm³/mol. The van der Waals surface area contributed by atoms with E-state index in [-0.39, 0.29) is 11.3 Å². The molecule has 0 spiro atoms. The summed E-state index contributed by atoms with van der Waals surface area (Å²) in [5.74, 6) is -2.33. The van der Waals surface area contributed by atoms with Crippen LogP contribution in [0.1, 0.15) is 15.9 Å². The lowest BCUT2D eigenvalue weighted by Gasteiger charge is -2.03. The van der Waals surface area contributed by atoms with Gasteiger partial charge in [0.15, 0.2) is 5.78 Å². The zero-order chi connectivity index (χ0) is 11.7. The Morgan fingerprint density at radius 3 is 2.62 bits per heavy atom. The first kappa shape index (κ1) is 10.4. The lowest BCUT2D eigenvalue weighted by atomic mass is 10.0. The van der Waals surface area contributed by atoms with Crippen molar-refractivity contribution >= 4 is 11.5 Å². The first-order valence-corrected chi connectivity index (χ1v) is 4.51. The van der Waals surface area contributed by atoms with Crippen LogP contribution in [0, 0.1) is 11.6 Å². The van der Waals surface area contributed by atoms with E-state index in [0.717, 1.165) is 6.07 Å². The maximum absolute atomic E-state index is 13.3. The van der Waals surface area contributed by atoms with E-state index in [2.05, 4.69) is 4.98 Å². The van der Waals surface area contributed by atoms with Gasteiger partial charge < -0.3 is 10.7 Å². The number of rotatable bonds is 2. The van der Waals surface area contributed by atoms with Gasteiger partial charge in [-0.05, 0) is 12.1 Å². The Kier molecular flexibility index (Phi) is 2.44. The summed E-state index contributed by atoms with van der Waals surface area (Å²) < 4.78 is 26.2. The minimum absolute atomic E-state index is 0.237. The molecule has 5 heteroatoms. The number of halogens is 2. The highest BCUT2D eigenvalue weighted by atomic mass is 19.1. The van der Waals surface area contributed by atoms with E-state index in [4.69, 9.17) is 5.73 Å². The summed E-state index contributed by atoms with van der Waals surface area (Å²) in [6.45, 7) is 0. The lowest BCUT2D eigenvalue weighted by Crippen LogP contribution is -2.05. The fourth-order valence-corrected chi connectivity index (χ4v) is 1.36. The number of nitrogen functional groups attached to an aromatic ring is 1. The fourth-order valence-electron chi connectivity index (χ4n) is 1.36. The first-order chi connectivity index (χ1) is 7.59. The second-order valence-corrected chi connectivity index (χ2v) is 3.28. The van der Waals surface area contributed by atoms with Crippen LogP contribution in [-0.4, -0.2) is 10.8 Å². The molecule has 1 aromatic carbocycles. The van der Waals surface area contributed by atoms with Crippen LogP contribution in [0.3, 0.4) is 0 Å². The van der Waals surface area contributed by atoms with Gasteiger partial charge in [-0.1, -0.05) is 0 Å². The van der Waals surface area contributed by atoms with Gasteiger partial charge in [-0.25, -0.2) is 8.78 Å². The number of H-pyrrole nitrogens is 1. The van der Waals surface area contributed by atoms with Crippen molar-refractivity contribution in [2.75, 3.05) is 5.73 Å². The predicted octanol–water partition coefficient (Wildman–Crippen LogP) is 2.11. The van der Waals surface area contributed by atoms with Crippen molar-refractivity contribution in [2.45, 2.75) is 0 Å². The molecule has 16 heavy (non-hydrogen) atoms. The fraction of sp³-hybridized carbons (Fsp3) is 0. The smallest absolute Gasteiger partial charge is 0.197 e. The maximum atomic E-state index is 13.3. The molecule has 0 aliphatic rings. The molecule has 0 bridgehead atoms. The molecule has 1 heterocycles. The van der Waals surface area contributed by atoms with Crippen molar-refractivity contribution in [3.63, 3.8) is 0 Å². The van der Waals surface area contributed by atoms with Crippen molar-refractivity contribution in [1.82, 2.24) is 4.98 Å². The minimum atomic E-state index is -0.919. The van der Waals surface area contributed by atoms with Crippen molar-refractivity contribution in [3.05, 3.63) is 53.4 Å². The van der Waals surface area contributed by atoms with Gasteiger partial charge in [0.05, 0.1) is 11.3 Å². The van der Waals surface area contributed by atoms with E-state index in [1.54, 1.807) is 0 Å². The molecule has 0 unspecified atom stereocenters. The monoisotopic (exact) mass is 222 g/mol. The molecule has 0 saturated carbocycles. The van der Waals surface area contributed by atoms with Crippen LogP contribution >= 0.6 is 0 Å². The number of carbonyl (C=O) groups is 1. The van der Waals surface area contributed by atoms with Crippen LogP contribution in [0.2, 0.25) is 0 Å². The number of anilines is 1. The Hall–Kier alpha value is -2.17. The number of aromatic nitrogens is 1. The van der Waals surface area contributed by atoms with Crippen molar-refractivity contribution < 1.29 is 13.6 Å². The molecule has 0 fully saturated rings. The summed E-state index contributed by atoms with van der Waals surface area (Å²) in [5.41, 5.74) is 5.09. The SMILES string of the molecule is Nc1cc(C(=O)c2cc[nH]c2)c(F)cc1F. The first-order valence-electron chi connectivity index (χ1n) is 4.51. The summed E-state index contributed by atoms with van der Waals surface area (Å²) in [5, 5.41) is 0. The van der Waals surface area contributed by atoms with Gasteiger partial charge in [-0.2, -0.15) is 0 Å². The van der Waals surface area contributed by atoms with E-state index in [0.29, 0.717) is 11.6 Å². The van der Waals surface area contributed by atoms with E-state index in [9.17, 15) is 13.6 Å². The molecule has 0 aliphatic heterocycles. The largest absolute Gasteiger partial charge is 0.396 e. The quantitative estimate of drug-likeness (QED) is 0.603. The highest BCUT2D eigenvalue weighted by Crippen LogP contribution is 2.19. The Bertz CT molecular complexity index is 535. The molecule has 3 nitrogen and oxygen atoms in total.